The summed E-state index contributed by atoms with van der Waals surface area (Å²) < 4.78 is 0. The topological polar surface area (TPSA) is 80.5 Å². The normalized spacial score (nSPS) is 11.0. The standard InChI is InChI=1S/C12H10ClN5S/c13-11-5-15-8(4-16-11)6-19-12-17-9-2-1-7(14)3-10(9)18-12/h1-5H,6,14H2,(H,17,18). The molecule has 3 aromatic rings. The number of aromatic amines is 1. The first-order chi connectivity index (χ1) is 9.20. The maximum Gasteiger partial charge on any atom is 0.166 e. The summed E-state index contributed by atoms with van der Waals surface area (Å²) in [5.74, 6) is 0.680. The van der Waals surface area contributed by atoms with Gasteiger partial charge in [0.05, 0.1) is 29.1 Å². The summed E-state index contributed by atoms with van der Waals surface area (Å²) in [4.78, 5) is 15.9. The van der Waals surface area contributed by atoms with Gasteiger partial charge in [0, 0.05) is 11.4 Å². The SMILES string of the molecule is Nc1ccc2nc(SCc3cnc(Cl)cn3)[nH]c2c1. The van der Waals surface area contributed by atoms with Crippen molar-refractivity contribution in [3.05, 3.63) is 41.4 Å². The highest BCUT2D eigenvalue weighted by Gasteiger charge is 2.05. The third kappa shape index (κ3) is 2.80. The van der Waals surface area contributed by atoms with Gasteiger partial charge in [-0.3, -0.25) is 4.98 Å². The minimum Gasteiger partial charge on any atom is -0.399 e. The molecule has 0 aliphatic rings. The van der Waals surface area contributed by atoms with Crippen molar-refractivity contribution >= 4 is 40.1 Å². The summed E-state index contributed by atoms with van der Waals surface area (Å²) in [6, 6.07) is 5.60. The zero-order valence-corrected chi connectivity index (χ0v) is 11.4. The van der Waals surface area contributed by atoms with Gasteiger partial charge in [0.1, 0.15) is 5.15 Å². The summed E-state index contributed by atoms with van der Waals surface area (Å²) in [5.41, 5.74) is 9.14. The van der Waals surface area contributed by atoms with Gasteiger partial charge >= 0.3 is 0 Å². The molecule has 0 saturated heterocycles. The van der Waals surface area contributed by atoms with Crippen LogP contribution in [0.3, 0.4) is 0 Å². The first-order valence-corrected chi connectivity index (χ1v) is 6.91. The fourth-order valence-corrected chi connectivity index (χ4v) is 2.50. The average Bonchev–Trinajstić information content (AvgIpc) is 2.80. The van der Waals surface area contributed by atoms with E-state index in [1.165, 1.54) is 6.20 Å². The van der Waals surface area contributed by atoms with Crippen molar-refractivity contribution in [1.29, 1.82) is 0 Å². The molecular weight excluding hydrogens is 282 g/mol. The van der Waals surface area contributed by atoms with Crippen LogP contribution in [0.4, 0.5) is 5.69 Å². The van der Waals surface area contributed by atoms with Crippen LogP contribution in [0.15, 0.2) is 35.7 Å². The Morgan fingerprint density at radius 2 is 2.16 bits per heavy atom. The number of hydrogen-bond acceptors (Lipinski definition) is 5. The third-order valence-corrected chi connectivity index (χ3v) is 3.62. The maximum atomic E-state index is 5.73. The van der Waals surface area contributed by atoms with E-state index in [-0.39, 0.29) is 0 Å². The van der Waals surface area contributed by atoms with Gasteiger partial charge in [0.25, 0.3) is 0 Å². The number of thioether (sulfide) groups is 1. The summed E-state index contributed by atoms with van der Waals surface area (Å²) in [6.07, 6.45) is 3.20. The summed E-state index contributed by atoms with van der Waals surface area (Å²) >= 11 is 7.24. The number of H-pyrrole nitrogens is 1. The maximum absolute atomic E-state index is 5.73. The highest BCUT2D eigenvalue weighted by atomic mass is 35.5. The van der Waals surface area contributed by atoms with Gasteiger partial charge < -0.3 is 10.7 Å². The Hall–Kier alpha value is -1.79. The van der Waals surface area contributed by atoms with Crippen LogP contribution in [0.1, 0.15) is 5.69 Å². The van der Waals surface area contributed by atoms with Gasteiger partial charge in [-0.05, 0) is 18.2 Å². The minimum absolute atomic E-state index is 0.396. The lowest BCUT2D eigenvalue weighted by Gasteiger charge is -1.97. The Labute approximate surface area is 118 Å². The van der Waals surface area contributed by atoms with Crippen LogP contribution < -0.4 is 5.73 Å². The molecule has 0 saturated carbocycles. The molecule has 2 aromatic heterocycles. The number of nitrogens with one attached hydrogen (secondary N) is 1. The minimum atomic E-state index is 0.396. The number of anilines is 1. The Morgan fingerprint density at radius 1 is 1.26 bits per heavy atom. The Balaban J connectivity index is 1.76. The molecule has 0 spiro atoms. The molecule has 1 aromatic carbocycles. The highest BCUT2D eigenvalue weighted by Crippen LogP contribution is 2.23. The Kier molecular flexibility index (Phi) is 3.27. The van der Waals surface area contributed by atoms with Crippen molar-refractivity contribution in [3.63, 3.8) is 0 Å². The van der Waals surface area contributed by atoms with Crippen molar-refractivity contribution in [2.24, 2.45) is 0 Å². The molecule has 96 valence electrons. The van der Waals surface area contributed by atoms with Crippen LogP contribution in [0.25, 0.3) is 11.0 Å². The van der Waals surface area contributed by atoms with Gasteiger partial charge in [-0.2, -0.15) is 0 Å². The smallest absolute Gasteiger partial charge is 0.166 e. The number of nitrogen functional groups attached to an aromatic ring is 1. The molecule has 0 radical (unpaired) electrons. The quantitative estimate of drug-likeness (QED) is 0.573. The molecular formula is C12H10ClN5S. The first kappa shape index (κ1) is 12.3. The van der Waals surface area contributed by atoms with Crippen LogP contribution in [0, 0.1) is 0 Å². The van der Waals surface area contributed by atoms with Crippen molar-refractivity contribution in [3.8, 4) is 0 Å². The molecule has 0 amide bonds. The van der Waals surface area contributed by atoms with Crippen LogP contribution in [0.5, 0.6) is 0 Å². The van der Waals surface area contributed by atoms with Crippen LogP contribution >= 0.6 is 23.4 Å². The molecule has 0 fully saturated rings. The number of benzene rings is 1. The molecule has 19 heavy (non-hydrogen) atoms. The number of nitrogens with two attached hydrogens (primary N) is 1. The number of aromatic nitrogens is 4. The molecule has 0 unspecified atom stereocenters. The summed E-state index contributed by atoms with van der Waals surface area (Å²) in [5, 5.41) is 1.23. The lowest BCUT2D eigenvalue weighted by Crippen LogP contribution is -1.88. The van der Waals surface area contributed by atoms with Crippen molar-refractivity contribution in [2.75, 3.05) is 5.73 Å². The van der Waals surface area contributed by atoms with Gasteiger partial charge in [-0.1, -0.05) is 23.4 Å². The third-order valence-electron chi connectivity index (χ3n) is 2.51. The molecule has 0 atom stereocenters. The predicted molar refractivity (Wildman–Crippen MR) is 77.1 cm³/mol. The van der Waals surface area contributed by atoms with E-state index in [1.54, 1.807) is 18.0 Å². The number of imidazole rings is 1. The number of halogens is 1. The second-order valence-electron chi connectivity index (χ2n) is 3.94. The van der Waals surface area contributed by atoms with E-state index in [2.05, 4.69) is 19.9 Å². The Morgan fingerprint density at radius 3 is 2.95 bits per heavy atom. The van der Waals surface area contributed by atoms with Gasteiger partial charge in [-0.15, -0.1) is 0 Å². The Bertz CT molecular complexity index is 710. The van der Waals surface area contributed by atoms with Gasteiger partial charge in [0.15, 0.2) is 5.16 Å². The second-order valence-corrected chi connectivity index (χ2v) is 5.29. The largest absolute Gasteiger partial charge is 0.399 e. The van der Waals surface area contributed by atoms with Crippen LogP contribution in [-0.2, 0) is 5.75 Å². The fourth-order valence-electron chi connectivity index (χ4n) is 1.63. The van der Waals surface area contributed by atoms with Crippen LogP contribution in [-0.4, -0.2) is 19.9 Å². The second kappa shape index (κ2) is 5.07. The van der Waals surface area contributed by atoms with E-state index in [9.17, 15) is 0 Å². The van der Waals surface area contributed by atoms with E-state index >= 15 is 0 Å². The van der Waals surface area contributed by atoms with Crippen molar-refractivity contribution < 1.29 is 0 Å². The van der Waals surface area contributed by atoms with E-state index in [4.69, 9.17) is 17.3 Å². The number of nitrogens with zero attached hydrogens (tertiary/aromatic N) is 3. The lowest BCUT2D eigenvalue weighted by molar-refractivity contribution is 1.06. The molecule has 3 N–H and O–H groups in total. The van der Waals surface area contributed by atoms with Crippen molar-refractivity contribution in [2.45, 2.75) is 10.9 Å². The molecule has 0 aliphatic carbocycles. The monoisotopic (exact) mass is 291 g/mol. The van der Waals surface area contributed by atoms with Gasteiger partial charge in [-0.25, -0.2) is 9.97 Å². The van der Waals surface area contributed by atoms with E-state index < -0.39 is 0 Å². The molecule has 5 nitrogen and oxygen atoms in total. The highest BCUT2D eigenvalue weighted by molar-refractivity contribution is 7.98. The molecule has 0 bridgehead atoms. The number of rotatable bonds is 3. The molecule has 3 rings (SSSR count). The average molecular weight is 292 g/mol. The van der Waals surface area contributed by atoms with E-state index in [0.717, 1.165) is 27.6 Å². The van der Waals surface area contributed by atoms with Gasteiger partial charge in [0.2, 0.25) is 0 Å². The fraction of sp³-hybridized carbons (Fsp3) is 0.0833. The van der Waals surface area contributed by atoms with Crippen LogP contribution in [0.2, 0.25) is 5.15 Å². The van der Waals surface area contributed by atoms with E-state index in [1.807, 2.05) is 18.2 Å². The number of fused-ring (bicyclic) bond motifs is 1. The lowest BCUT2D eigenvalue weighted by atomic mass is 10.3. The summed E-state index contributed by atoms with van der Waals surface area (Å²) in [7, 11) is 0. The molecule has 0 aliphatic heterocycles. The van der Waals surface area contributed by atoms with Crippen molar-refractivity contribution in [1.82, 2.24) is 19.9 Å². The molecule has 7 heteroatoms. The zero-order valence-electron chi connectivity index (χ0n) is 9.80. The predicted octanol–water partition coefficient (Wildman–Crippen LogP) is 2.88. The van der Waals surface area contributed by atoms with E-state index in [0.29, 0.717) is 10.9 Å². The first-order valence-electron chi connectivity index (χ1n) is 5.55. The molecule has 2 heterocycles. The summed E-state index contributed by atoms with van der Waals surface area (Å²) in [6.45, 7) is 0. The zero-order chi connectivity index (χ0) is 13.2. The number of hydrogen-bond donors (Lipinski definition) is 2.